The van der Waals surface area contributed by atoms with Crippen molar-refractivity contribution in [3.63, 3.8) is 0 Å². The van der Waals surface area contributed by atoms with Gasteiger partial charge in [-0.25, -0.2) is 9.78 Å². The largest absolute Gasteiger partial charge is 0.497 e. The Morgan fingerprint density at radius 1 is 1.32 bits per heavy atom. The Morgan fingerprint density at radius 2 is 2.16 bits per heavy atom. The maximum absolute atomic E-state index is 11.7. The molecular formula is C20H18N2O3. The van der Waals surface area contributed by atoms with Crippen LogP contribution < -0.4 is 0 Å². The molecule has 1 unspecified atom stereocenters. The van der Waals surface area contributed by atoms with Crippen molar-refractivity contribution >= 4 is 16.9 Å². The van der Waals surface area contributed by atoms with Gasteiger partial charge in [-0.2, -0.15) is 0 Å². The molecule has 0 aliphatic carbocycles. The van der Waals surface area contributed by atoms with Crippen molar-refractivity contribution in [3.05, 3.63) is 54.1 Å². The van der Waals surface area contributed by atoms with E-state index in [2.05, 4.69) is 22.9 Å². The third kappa shape index (κ3) is 2.02. The van der Waals surface area contributed by atoms with Crippen molar-refractivity contribution in [1.29, 1.82) is 0 Å². The molecule has 0 fully saturated rings. The number of fused-ring (bicyclic) bond motifs is 6. The third-order valence-electron chi connectivity index (χ3n) is 5.72. The van der Waals surface area contributed by atoms with E-state index in [-0.39, 0.29) is 17.9 Å². The molecular weight excluding hydrogens is 316 g/mol. The lowest BCUT2D eigenvalue weighted by atomic mass is 9.75. The quantitative estimate of drug-likeness (QED) is 0.741. The molecule has 0 saturated heterocycles. The summed E-state index contributed by atoms with van der Waals surface area (Å²) in [4.78, 5) is 16.5. The fraction of sp³-hybridized carbons (Fsp3) is 0.300. The molecule has 5 heteroatoms. The van der Waals surface area contributed by atoms with Gasteiger partial charge in [0.25, 0.3) is 0 Å². The summed E-state index contributed by atoms with van der Waals surface area (Å²) < 4.78 is 7.82. The summed E-state index contributed by atoms with van der Waals surface area (Å²) >= 11 is 0. The van der Waals surface area contributed by atoms with Crippen molar-refractivity contribution in [2.24, 2.45) is 11.8 Å². The summed E-state index contributed by atoms with van der Waals surface area (Å²) in [7, 11) is 0. The van der Waals surface area contributed by atoms with Crippen LogP contribution in [0.5, 0.6) is 0 Å². The molecule has 1 N–H and O–H groups in total. The first-order valence-electron chi connectivity index (χ1n) is 8.59. The summed E-state index contributed by atoms with van der Waals surface area (Å²) in [6.45, 7) is 2.77. The fourth-order valence-electron chi connectivity index (χ4n) is 4.38. The average Bonchev–Trinajstić information content (AvgIpc) is 3.00. The second kappa shape index (κ2) is 5.09. The second-order valence-corrected chi connectivity index (χ2v) is 7.00. The number of aromatic nitrogens is 2. The number of ether oxygens (including phenoxy) is 1. The Labute approximate surface area is 144 Å². The Balaban J connectivity index is 1.68. The van der Waals surface area contributed by atoms with E-state index in [1.807, 2.05) is 25.1 Å². The lowest BCUT2D eigenvalue weighted by Crippen LogP contribution is -2.42. The smallest absolute Gasteiger partial charge is 0.334 e. The van der Waals surface area contributed by atoms with Gasteiger partial charge in [0.2, 0.25) is 0 Å². The SMILES string of the molecule is CC1OC=C(C(=O)O)[C@H]2Cc3c4nc5ccccc5c-4ccn3C[C@@H]12. The maximum atomic E-state index is 11.7. The molecule has 5 rings (SSSR count). The highest BCUT2D eigenvalue weighted by molar-refractivity contribution is 5.98. The predicted octanol–water partition coefficient (Wildman–Crippen LogP) is 3.32. The molecule has 3 atom stereocenters. The number of carboxylic acids is 1. The maximum Gasteiger partial charge on any atom is 0.334 e. The number of aliphatic carboxylic acids is 1. The first kappa shape index (κ1) is 14.5. The van der Waals surface area contributed by atoms with Crippen LogP contribution in [0.4, 0.5) is 0 Å². The van der Waals surface area contributed by atoms with Gasteiger partial charge >= 0.3 is 5.97 Å². The summed E-state index contributed by atoms with van der Waals surface area (Å²) in [5.74, 6) is -0.759. The molecule has 126 valence electrons. The minimum absolute atomic E-state index is 0.0103. The third-order valence-corrected chi connectivity index (χ3v) is 5.72. The number of rotatable bonds is 1. The van der Waals surface area contributed by atoms with Gasteiger partial charge in [-0.15, -0.1) is 0 Å². The number of pyridine rings is 1. The van der Waals surface area contributed by atoms with E-state index >= 15 is 0 Å². The highest BCUT2D eigenvalue weighted by Gasteiger charge is 2.41. The molecule has 0 saturated carbocycles. The van der Waals surface area contributed by atoms with E-state index in [0.717, 1.165) is 34.4 Å². The molecule has 0 radical (unpaired) electrons. The first-order valence-corrected chi connectivity index (χ1v) is 8.59. The van der Waals surface area contributed by atoms with E-state index < -0.39 is 5.97 Å². The number of hydrogen-bond acceptors (Lipinski definition) is 3. The zero-order valence-corrected chi connectivity index (χ0v) is 13.8. The van der Waals surface area contributed by atoms with Crippen LogP contribution in [0.25, 0.3) is 22.2 Å². The Bertz CT molecular complexity index is 1000. The fourth-order valence-corrected chi connectivity index (χ4v) is 4.38. The molecule has 0 aromatic heterocycles. The van der Waals surface area contributed by atoms with Crippen LogP contribution in [0.3, 0.4) is 0 Å². The summed E-state index contributed by atoms with van der Waals surface area (Å²) in [6.07, 6.45) is 4.24. The van der Waals surface area contributed by atoms with Gasteiger partial charge in [0.05, 0.1) is 23.0 Å². The van der Waals surface area contributed by atoms with Crippen LogP contribution in [0.2, 0.25) is 0 Å². The zero-order chi connectivity index (χ0) is 17.1. The number of nitrogens with zero attached hydrogens (tertiary/aromatic N) is 2. The number of carbonyl (C=O) groups is 1. The second-order valence-electron chi connectivity index (χ2n) is 7.00. The van der Waals surface area contributed by atoms with Crippen molar-refractivity contribution < 1.29 is 14.6 Å². The van der Waals surface area contributed by atoms with Crippen LogP contribution in [-0.2, 0) is 22.5 Å². The lowest BCUT2D eigenvalue weighted by Gasteiger charge is -2.40. The summed E-state index contributed by atoms with van der Waals surface area (Å²) in [5, 5.41) is 10.7. The Hall–Kier alpha value is -2.82. The van der Waals surface area contributed by atoms with Gasteiger partial charge < -0.3 is 14.4 Å². The normalized spacial score (nSPS) is 25.2. The van der Waals surface area contributed by atoms with E-state index in [0.29, 0.717) is 12.0 Å². The lowest BCUT2D eigenvalue weighted by molar-refractivity contribution is -0.134. The molecule has 0 spiro atoms. The molecule has 5 nitrogen and oxygen atoms in total. The predicted molar refractivity (Wildman–Crippen MR) is 93.3 cm³/mol. The standard InChI is InChI=1S/C20H18N2O3/c1-11-15-9-22-7-6-13-12-4-2-3-5-17(12)21-19(13)18(22)8-14(15)16(10-25-11)20(23)24/h2-7,10-11,14-15H,8-9H2,1H3,(H,23,24)/t11?,14-,15-/m0/s1. The summed E-state index contributed by atoms with van der Waals surface area (Å²) in [6, 6.07) is 10.3. The molecule has 4 heterocycles. The van der Waals surface area contributed by atoms with Crippen molar-refractivity contribution in [1.82, 2.24) is 9.55 Å². The van der Waals surface area contributed by atoms with Crippen LogP contribution in [0.15, 0.2) is 48.4 Å². The minimum atomic E-state index is -0.886. The number of hydrogen-bond donors (Lipinski definition) is 1. The number of para-hydroxylation sites is 1. The van der Waals surface area contributed by atoms with Gasteiger partial charge in [0.15, 0.2) is 0 Å². The Kier molecular flexibility index (Phi) is 2.95. The highest BCUT2D eigenvalue weighted by atomic mass is 16.5. The van der Waals surface area contributed by atoms with Crippen LogP contribution >= 0.6 is 0 Å². The Morgan fingerprint density at radius 3 is 3.00 bits per heavy atom. The molecule has 1 aromatic carbocycles. The van der Waals surface area contributed by atoms with E-state index in [1.54, 1.807) is 0 Å². The molecule has 0 bridgehead atoms. The molecule has 0 amide bonds. The monoisotopic (exact) mass is 334 g/mol. The van der Waals surface area contributed by atoms with Crippen LogP contribution in [0, 0.1) is 11.8 Å². The van der Waals surface area contributed by atoms with Crippen molar-refractivity contribution in [2.75, 3.05) is 0 Å². The van der Waals surface area contributed by atoms with Crippen molar-refractivity contribution in [3.8, 4) is 11.3 Å². The van der Waals surface area contributed by atoms with Gasteiger partial charge in [0, 0.05) is 41.2 Å². The number of benzene rings is 1. The van der Waals surface area contributed by atoms with Crippen molar-refractivity contribution in [2.45, 2.75) is 26.0 Å². The van der Waals surface area contributed by atoms with Gasteiger partial charge in [-0.05, 0) is 25.5 Å². The average molecular weight is 334 g/mol. The molecule has 1 aromatic rings. The van der Waals surface area contributed by atoms with E-state index in [1.165, 1.54) is 6.26 Å². The van der Waals surface area contributed by atoms with Crippen LogP contribution in [-0.4, -0.2) is 26.7 Å². The van der Waals surface area contributed by atoms with Gasteiger partial charge in [-0.3, -0.25) is 0 Å². The van der Waals surface area contributed by atoms with E-state index in [4.69, 9.17) is 9.72 Å². The topological polar surface area (TPSA) is 64.3 Å². The van der Waals surface area contributed by atoms with Gasteiger partial charge in [-0.1, -0.05) is 18.2 Å². The minimum Gasteiger partial charge on any atom is -0.497 e. The highest BCUT2D eigenvalue weighted by Crippen LogP contribution is 2.42. The number of carboxylic acid groups (broad SMARTS) is 1. The van der Waals surface area contributed by atoms with Gasteiger partial charge in [0.1, 0.15) is 6.10 Å². The van der Waals surface area contributed by atoms with Crippen LogP contribution in [0.1, 0.15) is 12.6 Å². The molecule has 4 aliphatic rings. The zero-order valence-electron chi connectivity index (χ0n) is 13.8. The first-order chi connectivity index (χ1) is 12.1. The molecule has 4 aliphatic heterocycles. The molecule has 25 heavy (non-hydrogen) atoms. The summed E-state index contributed by atoms with van der Waals surface area (Å²) in [5.41, 5.74) is 4.62. The van der Waals surface area contributed by atoms with E-state index in [9.17, 15) is 9.90 Å².